The van der Waals surface area contributed by atoms with Gasteiger partial charge in [-0.3, -0.25) is 0 Å². The van der Waals surface area contributed by atoms with Crippen molar-refractivity contribution in [3.63, 3.8) is 0 Å². The van der Waals surface area contributed by atoms with E-state index >= 15 is 0 Å². The van der Waals surface area contributed by atoms with Gasteiger partial charge in [-0.25, -0.2) is 0 Å². The summed E-state index contributed by atoms with van der Waals surface area (Å²) in [5, 5.41) is 0. The van der Waals surface area contributed by atoms with Crippen LogP contribution in [0.15, 0.2) is 76.4 Å². The minimum atomic E-state index is 0.0672. The standard InChI is InChI=1S/C22H25NS/c1-8-20-15(3)24-16(4)21(23(20)7)13-18-14(2)22(5,6)19-12-10-9-11-17(18)19/h8-13H,1,4H2,2-3,5-7H3/b21-13+. The highest BCUT2D eigenvalue weighted by Crippen LogP contribution is 2.48. The molecule has 0 saturated heterocycles. The van der Waals surface area contributed by atoms with E-state index in [4.69, 9.17) is 0 Å². The molecule has 0 unspecified atom stereocenters. The molecule has 124 valence electrons. The Balaban J connectivity index is 2.17. The van der Waals surface area contributed by atoms with Crippen molar-refractivity contribution < 1.29 is 0 Å². The number of nitrogens with zero attached hydrogens (tertiary/aromatic N) is 1. The lowest BCUT2D eigenvalue weighted by Crippen LogP contribution is -2.21. The van der Waals surface area contributed by atoms with Crippen LogP contribution >= 0.6 is 11.8 Å². The lowest BCUT2D eigenvalue weighted by molar-refractivity contribution is 0.547. The van der Waals surface area contributed by atoms with Crippen LogP contribution in [0.1, 0.15) is 38.8 Å². The molecule has 0 atom stereocenters. The monoisotopic (exact) mass is 335 g/mol. The van der Waals surface area contributed by atoms with E-state index in [1.54, 1.807) is 11.8 Å². The lowest BCUT2D eigenvalue weighted by atomic mass is 9.82. The molecular weight excluding hydrogens is 310 g/mol. The fourth-order valence-electron chi connectivity index (χ4n) is 3.63. The molecule has 0 fully saturated rings. The van der Waals surface area contributed by atoms with Gasteiger partial charge in [-0.2, -0.15) is 0 Å². The molecule has 0 spiro atoms. The summed E-state index contributed by atoms with van der Waals surface area (Å²) in [6, 6.07) is 8.73. The van der Waals surface area contributed by atoms with E-state index in [1.165, 1.54) is 27.2 Å². The first-order valence-electron chi connectivity index (χ1n) is 8.26. The van der Waals surface area contributed by atoms with Gasteiger partial charge in [0.15, 0.2) is 0 Å². The van der Waals surface area contributed by atoms with Gasteiger partial charge in [0.25, 0.3) is 0 Å². The molecule has 0 saturated carbocycles. The van der Waals surface area contributed by atoms with E-state index in [9.17, 15) is 0 Å². The Bertz CT molecular complexity index is 833. The van der Waals surface area contributed by atoms with Crippen LogP contribution < -0.4 is 0 Å². The average molecular weight is 336 g/mol. The highest BCUT2D eigenvalue weighted by Gasteiger charge is 2.34. The van der Waals surface area contributed by atoms with Crippen LogP contribution in [0.25, 0.3) is 5.57 Å². The summed E-state index contributed by atoms with van der Waals surface area (Å²) in [7, 11) is 2.10. The molecular formula is C22H25NS. The molecule has 2 heteroatoms. The number of benzene rings is 1. The van der Waals surface area contributed by atoms with Gasteiger partial charge in [-0.15, -0.1) is 0 Å². The topological polar surface area (TPSA) is 3.24 Å². The molecule has 1 heterocycles. The van der Waals surface area contributed by atoms with Crippen molar-refractivity contribution in [1.82, 2.24) is 4.90 Å². The Labute approximate surface area is 150 Å². The molecule has 0 N–H and O–H groups in total. The van der Waals surface area contributed by atoms with Gasteiger partial charge in [0.1, 0.15) is 0 Å². The van der Waals surface area contributed by atoms with Crippen molar-refractivity contribution in [3.05, 3.63) is 87.5 Å². The first kappa shape index (κ1) is 16.9. The number of allylic oxidation sites excluding steroid dienone is 5. The molecule has 1 nitrogen and oxygen atoms in total. The van der Waals surface area contributed by atoms with Crippen LogP contribution in [0.5, 0.6) is 0 Å². The van der Waals surface area contributed by atoms with Gasteiger partial charge in [0.05, 0.1) is 5.70 Å². The van der Waals surface area contributed by atoms with E-state index in [0.717, 1.165) is 16.3 Å². The fourth-order valence-corrected chi connectivity index (χ4v) is 4.62. The van der Waals surface area contributed by atoms with E-state index in [0.29, 0.717) is 0 Å². The summed E-state index contributed by atoms with van der Waals surface area (Å²) in [6.45, 7) is 17.2. The Kier molecular flexibility index (Phi) is 4.13. The van der Waals surface area contributed by atoms with Crippen molar-refractivity contribution in [2.75, 3.05) is 7.05 Å². The molecule has 0 radical (unpaired) electrons. The van der Waals surface area contributed by atoms with Crippen molar-refractivity contribution >= 4 is 17.3 Å². The fraction of sp³-hybridized carbons (Fsp3) is 0.273. The predicted molar refractivity (Wildman–Crippen MR) is 108 cm³/mol. The summed E-state index contributed by atoms with van der Waals surface area (Å²) >= 11 is 1.73. The van der Waals surface area contributed by atoms with Gasteiger partial charge in [0, 0.05) is 28.0 Å². The number of thioether (sulfide) groups is 1. The third kappa shape index (κ3) is 2.41. The molecule has 1 aliphatic carbocycles. The van der Waals surface area contributed by atoms with Crippen molar-refractivity contribution in [2.24, 2.45) is 0 Å². The number of fused-ring (bicyclic) bond motifs is 1. The first-order valence-corrected chi connectivity index (χ1v) is 9.07. The van der Waals surface area contributed by atoms with Crippen LogP contribution in [-0.4, -0.2) is 11.9 Å². The van der Waals surface area contributed by atoms with E-state index in [-0.39, 0.29) is 5.41 Å². The van der Waals surface area contributed by atoms with E-state index < -0.39 is 0 Å². The maximum absolute atomic E-state index is 4.29. The summed E-state index contributed by atoms with van der Waals surface area (Å²) < 4.78 is 0. The zero-order chi connectivity index (χ0) is 17.6. The van der Waals surface area contributed by atoms with Crippen molar-refractivity contribution in [2.45, 2.75) is 33.1 Å². The smallest absolute Gasteiger partial charge is 0.0550 e. The van der Waals surface area contributed by atoms with Gasteiger partial charge in [-0.1, -0.05) is 68.6 Å². The predicted octanol–water partition coefficient (Wildman–Crippen LogP) is 6.25. The highest BCUT2D eigenvalue weighted by atomic mass is 32.2. The van der Waals surface area contributed by atoms with Crippen molar-refractivity contribution in [3.8, 4) is 0 Å². The summed E-state index contributed by atoms with van der Waals surface area (Å²) in [5.41, 5.74) is 7.85. The second-order valence-corrected chi connectivity index (χ2v) is 8.28. The van der Waals surface area contributed by atoms with Crippen LogP contribution in [0, 0.1) is 0 Å². The molecule has 2 aliphatic rings. The zero-order valence-corrected chi connectivity index (χ0v) is 16.1. The minimum absolute atomic E-state index is 0.0672. The Morgan fingerprint density at radius 3 is 2.50 bits per heavy atom. The van der Waals surface area contributed by atoms with Crippen LogP contribution in [-0.2, 0) is 5.41 Å². The second-order valence-electron chi connectivity index (χ2n) is 6.97. The first-order chi connectivity index (χ1) is 11.3. The van der Waals surface area contributed by atoms with Gasteiger partial charge in [-0.05, 0) is 42.7 Å². The molecule has 1 aliphatic heterocycles. The van der Waals surface area contributed by atoms with Crippen LogP contribution in [0.3, 0.4) is 0 Å². The molecule has 0 aromatic heterocycles. The zero-order valence-electron chi connectivity index (χ0n) is 15.2. The minimum Gasteiger partial charge on any atom is -0.343 e. The Morgan fingerprint density at radius 1 is 1.17 bits per heavy atom. The Morgan fingerprint density at radius 2 is 1.83 bits per heavy atom. The molecule has 3 rings (SSSR count). The number of hydrogen-bond acceptors (Lipinski definition) is 2. The van der Waals surface area contributed by atoms with Gasteiger partial charge >= 0.3 is 0 Å². The van der Waals surface area contributed by atoms with E-state index in [2.05, 4.69) is 83.1 Å². The molecule has 0 bridgehead atoms. The van der Waals surface area contributed by atoms with Crippen LogP contribution in [0.4, 0.5) is 0 Å². The number of likely N-dealkylation sites (N-methyl/N-ethyl adjacent to an activating group) is 1. The quantitative estimate of drug-likeness (QED) is 0.629. The summed E-state index contributed by atoms with van der Waals surface area (Å²) in [4.78, 5) is 4.53. The molecule has 1 aromatic rings. The molecule has 24 heavy (non-hydrogen) atoms. The summed E-state index contributed by atoms with van der Waals surface area (Å²) in [6.07, 6.45) is 4.23. The molecule has 1 aromatic carbocycles. The molecule has 0 amide bonds. The number of rotatable bonds is 2. The number of hydrogen-bond donors (Lipinski definition) is 0. The largest absolute Gasteiger partial charge is 0.343 e. The highest BCUT2D eigenvalue weighted by molar-refractivity contribution is 8.07. The van der Waals surface area contributed by atoms with Gasteiger partial charge in [0.2, 0.25) is 0 Å². The maximum atomic E-state index is 4.29. The van der Waals surface area contributed by atoms with Crippen LogP contribution in [0.2, 0.25) is 0 Å². The SMILES string of the molecule is C=CC1=C(C)SC(=C)/C(=C\C2=C(C)C(C)(C)c3ccccc32)N1C. The normalized spacial score (nSPS) is 21.6. The van der Waals surface area contributed by atoms with E-state index in [1.807, 2.05) is 6.08 Å². The van der Waals surface area contributed by atoms with Gasteiger partial charge < -0.3 is 4.90 Å². The third-order valence-corrected chi connectivity index (χ3v) is 6.32. The third-order valence-electron chi connectivity index (χ3n) is 5.35. The lowest BCUT2D eigenvalue weighted by Gasteiger charge is -2.31. The second kappa shape index (κ2) is 5.86. The maximum Gasteiger partial charge on any atom is 0.0550 e. The Hall–Kier alpha value is -1.93. The average Bonchev–Trinajstić information content (AvgIpc) is 2.72. The summed E-state index contributed by atoms with van der Waals surface area (Å²) in [5.74, 6) is 0. The van der Waals surface area contributed by atoms with Crippen molar-refractivity contribution in [1.29, 1.82) is 0 Å².